The van der Waals surface area contributed by atoms with Crippen molar-refractivity contribution in [2.24, 2.45) is 0 Å². The van der Waals surface area contributed by atoms with Crippen LogP contribution in [0.2, 0.25) is 5.02 Å². The van der Waals surface area contributed by atoms with Crippen molar-refractivity contribution >= 4 is 35.0 Å². The first kappa shape index (κ1) is 14.0. The first-order valence-electron chi connectivity index (χ1n) is 4.73. The number of carboxylic acid groups (broad SMARTS) is 1. The Labute approximate surface area is 108 Å². The Bertz CT molecular complexity index is 457. The van der Waals surface area contributed by atoms with Gasteiger partial charge < -0.3 is 10.2 Å². The summed E-state index contributed by atoms with van der Waals surface area (Å²) in [6, 6.07) is 4.00. The summed E-state index contributed by atoms with van der Waals surface area (Å²) in [5.41, 5.74) is 0.00861. The number of aliphatic hydroxyl groups excluding tert-OH is 1. The Morgan fingerprint density at radius 2 is 1.94 bits per heavy atom. The molecule has 0 saturated heterocycles. The molecule has 1 rings (SSSR count). The Balaban J connectivity index is 3.31. The highest BCUT2D eigenvalue weighted by molar-refractivity contribution is 6.35. The van der Waals surface area contributed by atoms with Gasteiger partial charge >= 0.3 is 5.97 Å². The van der Waals surface area contributed by atoms with Gasteiger partial charge in [-0.25, -0.2) is 4.79 Å². The Morgan fingerprint density at radius 3 is 2.41 bits per heavy atom. The molecule has 0 aliphatic rings. The first-order chi connectivity index (χ1) is 7.84. The second-order valence-corrected chi connectivity index (χ2v) is 4.54. The van der Waals surface area contributed by atoms with Crippen molar-refractivity contribution in [1.82, 2.24) is 0 Å². The van der Waals surface area contributed by atoms with Crippen LogP contribution in [0.5, 0.6) is 0 Å². The highest BCUT2D eigenvalue weighted by Gasteiger charge is 2.24. The van der Waals surface area contributed by atoms with E-state index >= 15 is 0 Å². The summed E-state index contributed by atoms with van der Waals surface area (Å²) in [5, 5.41) is 17.6. The van der Waals surface area contributed by atoms with Crippen LogP contribution >= 0.6 is 23.2 Å². The largest absolute Gasteiger partial charge is 0.479 e. The quantitative estimate of drug-likeness (QED) is 0.654. The molecule has 0 amide bonds. The number of carbonyl (C=O) groups excluding carboxylic acids is 1. The molecule has 6 heteroatoms. The van der Waals surface area contributed by atoms with Gasteiger partial charge in [0.2, 0.25) is 0 Å². The van der Waals surface area contributed by atoms with Crippen LogP contribution in [0, 0.1) is 0 Å². The lowest BCUT2D eigenvalue weighted by atomic mass is 9.98. The molecule has 0 aliphatic carbocycles. The number of carboxylic acids is 1. The third-order valence-electron chi connectivity index (χ3n) is 2.17. The predicted octanol–water partition coefficient (Wildman–Crippen LogP) is 2.27. The molecule has 0 radical (unpaired) electrons. The van der Waals surface area contributed by atoms with E-state index in [9.17, 15) is 14.7 Å². The third-order valence-corrected chi connectivity index (χ3v) is 2.60. The molecule has 4 nitrogen and oxygen atoms in total. The molecule has 2 atom stereocenters. The smallest absolute Gasteiger partial charge is 0.337 e. The molecule has 2 N–H and O–H groups in total. The van der Waals surface area contributed by atoms with Gasteiger partial charge in [0, 0.05) is 16.1 Å². The van der Waals surface area contributed by atoms with Gasteiger partial charge in [-0.3, -0.25) is 4.79 Å². The molecule has 0 aromatic heterocycles. The van der Waals surface area contributed by atoms with Crippen molar-refractivity contribution in [3.63, 3.8) is 0 Å². The van der Waals surface area contributed by atoms with Crippen molar-refractivity contribution in [2.45, 2.75) is 18.4 Å². The number of hydrogen-bond acceptors (Lipinski definition) is 3. The maximum absolute atomic E-state index is 11.7. The molecule has 92 valence electrons. The van der Waals surface area contributed by atoms with Gasteiger partial charge in [0.05, 0.1) is 5.38 Å². The predicted molar refractivity (Wildman–Crippen MR) is 63.7 cm³/mol. The maximum atomic E-state index is 11.7. The summed E-state index contributed by atoms with van der Waals surface area (Å²) < 4.78 is 0. The van der Waals surface area contributed by atoms with E-state index < -0.39 is 23.2 Å². The number of Topliss-reactive ketones (excluding diaryl/α,β-unsaturated/α-hetero) is 1. The Hall–Kier alpha value is -1.10. The lowest BCUT2D eigenvalue weighted by Crippen LogP contribution is -2.18. The molecule has 0 spiro atoms. The summed E-state index contributed by atoms with van der Waals surface area (Å²) in [5.74, 6) is -1.92. The summed E-state index contributed by atoms with van der Waals surface area (Å²) in [6.45, 7) is 1.46. The molecular formula is C11H10Cl2O4. The third kappa shape index (κ3) is 3.19. The lowest BCUT2D eigenvalue weighted by Gasteiger charge is -2.12. The van der Waals surface area contributed by atoms with E-state index in [0.29, 0.717) is 0 Å². The van der Waals surface area contributed by atoms with E-state index in [1.165, 1.54) is 25.1 Å². The maximum Gasteiger partial charge on any atom is 0.337 e. The fourth-order valence-electron chi connectivity index (χ4n) is 1.33. The molecule has 0 bridgehead atoms. The molecule has 1 aromatic carbocycles. The minimum absolute atomic E-state index is 0.0144. The number of alkyl halides is 1. The molecule has 0 saturated carbocycles. The van der Waals surface area contributed by atoms with Crippen LogP contribution in [-0.2, 0) is 4.79 Å². The average Bonchev–Trinajstić information content (AvgIpc) is 2.26. The normalized spacial score (nSPS) is 14.1. The number of rotatable bonds is 4. The van der Waals surface area contributed by atoms with E-state index in [-0.39, 0.29) is 16.1 Å². The minimum Gasteiger partial charge on any atom is -0.479 e. The summed E-state index contributed by atoms with van der Waals surface area (Å²) in [6.07, 6.45) is -1.78. The van der Waals surface area contributed by atoms with Crippen LogP contribution in [0.3, 0.4) is 0 Å². The van der Waals surface area contributed by atoms with Crippen LogP contribution in [0.25, 0.3) is 0 Å². The summed E-state index contributed by atoms with van der Waals surface area (Å²) in [7, 11) is 0. The fraction of sp³-hybridized carbons (Fsp3) is 0.273. The zero-order chi connectivity index (χ0) is 13.2. The standard InChI is InChI=1S/C11H10Cl2O4/c1-5(12)9(14)8-4-6(13)2-3-7(8)10(15)11(16)17/h2-5,10,15H,1H3,(H,16,17). The van der Waals surface area contributed by atoms with Crippen LogP contribution in [-0.4, -0.2) is 27.3 Å². The van der Waals surface area contributed by atoms with Crippen molar-refractivity contribution in [1.29, 1.82) is 0 Å². The van der Waals surface area contributed by atoms with E-state index in [1.807, 2.05) is 0 Å². The number of ketones is 1. The van der Waals surface area contributed by atoms with Crippen molar-refractivity contribution < 1.29 is 19.8 Å². The summed E-state index contributed by atoms with van der Waals surface area (Å²) in [4.78, 5) is 22.5. The van der Waals surface area contributed by atoms with Crippen molar-refractivity contribution in [3.8, 4) is 0 Å². The number of benzene rings is 1. The highest BCUT2D eigenvalue weighted by Crippen LogP contribution is 2.24. The number of carbonyl (C=O) groups is 2. The minimum atomic E-state index is -1.78. The van der Waals surface area contributed by atoms with Crippen LogP contribution < -0.4 is 0 Å². The SMILES string of the molecule is CC(Cl)C(=O)c1cc(Cl)ccc1C(O)C(=O)O. The van der Waals surface area contributed by atoms with Gasteiger partial charge in [-0.05, 0) is 19.1 Å². The van der Waals surface area contributed by atoms with Crippen LogP contribution in [0.15, 0.2) is 18.2 Å². The van der Waals surface area contributed by atoms with Gasteiger partial charge in [0.1, 0.15) is 0 Å². The zero-order valence-electron chi connectivity index (χ0n) is 8.85. The Morgan fingerprint density at radius 1 is 1.35 bits per heavy atom. The van der Waals surface area contributed by atoms with Gasteiger partial charge in [-0.15, -0.1) is 11.6 Å². The monoisotopic (exact) mass is 276 g/mol. The van der Waals surface area contributed by atoms with E-state index in [1.54, 1.807) is 0 Å². The van der Waals surface area contributed by atoms with Gasteiger partial charge in [0.25, 0.3) is 0 Å². The van der Waals surface area contributed by atoms with Crippen molar-refractivity contribution in [2.75, 3.05) is 0 Å². The van der Waals surface area contributed by atoms with E-state index in [0.717, 1.165) is 0 Å². The molecule has 2 unspecified atom stereocenters. The highest BCUT2D eigenvalue weighted by atomic mass is 35.5. The molecule has 0 heterocycles. The second kappa shape index (κ2) is 5.49. The van der Waals surface area contributed by atoms with Crippen LogP contribution in [0.4, 0.5) is 0 Å². The number of aliphatic carboxylic acids is 1. The Kier molecular flexibility index (Phi) is 4.51. The van der Waals surface area contributed by atoms with Gasteiger partial charge in [-0.2, -0.15) is 0 Å². The van der Waals surface area contributed by atoms with E-state index in [4.69, 9.17) is 28.3 Å². The molecule has 1 aromatic rings. The molecule has 0 fully saturated rings. The lowest BCUT2D eigenvalue weighted by molar-refractivity contribution is -0.146. The average molecular weight is 277 g/mol. The second-order valence-electron chi connectivity index (χ2n) is 3.45. The van der Waals surface area contributed by atoms with Crippen molar-refractivity contribution in [3.05, 3.63) is 34.3 Å². The van der Waals surface area contributed by atoms with Crippen LogP contribution in [0.1, 0.15) is 28.9 Å². The van der Waals surface area contributed by atoms with E-state index in [2.05, 4.69) is 0 Å². The van der Waals surface area contributed by atoms with Gasteiger partial charge in [-0.1, -0.05) is 17.7 Å². The molecule has 17 heavy (non-hydrogen) atoms. The molecule has 0 aliphatic heterocycles. The number of aliphatic hydroxyl groups is 1. The van der Waals surface area contributed by atoms with Gasteiger partial charge in [0.15, 0.2) is 11.9 Å². The number of hydrogen-bond donors (Lipinski definition) is 2. The number of halogens is 2. The fourth-order valence-corrected chi connectivity index (χ4v) is 1.62. The first-order valence-corrected chi connectivity index (χ1v) is 5.54. The zero-order valence-corrected chi connectivity index (χ0v) is 10.4. The topological polar surface area (TPSA) is 74.6 Å². The molecular weight excluding hydrogens is 267 g/mol. The summed E-state index contributed by atoms with van der Waals surface area (Å²) >= 11 is 11.4.